The van der Waals surface area contributed by atoms with Gasteiger partial charge in [-0.05, 0) is 40.2 Å². The first kappa shape index (κ1) is 14.1. The zero-order chi connectivity index (χ0) is 14.2. The van der Waals surface area contributed by atoms with Crippen LogP contribution >= 0.6 is 0 Å². The van der Waals surface area contributed by atoms with Crippen LogP contribution in [0.2, 0.25) is 0 Å². The second-order valence-electron chi connectivity index (χ2n) is 6.28. The van der Waals surface area contributed by atoms with Crippen LogP contribution in [0.3, 0.4) is 0 Å². The summed E-state index contributed by atoms with van der Waals surface area (Å²) in [6, 6.07) is -0.521. The summed E-state index contributed by atoms with van der Waals surface area (Å²) in [4.78, 5) is 27.0. The van der Waals surface area contributed by atoms with Crippen molar-refractivity contribution in [2.75, 3.05) is 19.6 Å². The van der Waals surface area contributed by atoms with Gasteiger partial charge in [-0.3, -0.25) is 9.80 Å². The zero-order valence-corrected chi connectivity index (χ0v) is 11.8. The molecule has 0 aliphatic carbocycles. The molecule has 0 aromatic carbocycles. The molecule has 2 fully saturated rings. The molecule has 2 rings (SSSR count). The van der Waals surface area contributed by atoms with Crippen molar-refractivity contribution in [3.8, 4) is 0 Å². The Hall–Kier alpha value is -1.30. The van der Waals surface area contributed by atoms with E-state index in [9.17, 15) is 14.7 Å². The normalized spacial score (nSPS) is 28.1. The lowest BCUT2D eigenvalue weighted by Crippen LogP contribution is -2.61. The highest BCUT2D eigenvalue weighted by molar-refractivity contribution is 5.80. The Morgan fingerprint density at radius 1 is 1.26 bits per heavy atom. The summed E-state index contributed by atoms with van der Waals surface area (Å²) in [5.41, 5.74) is -0.604. The molecule has 108 valence electrons. The number of carbonyl (C=O) groups is 2. The van der Waals surface area contributed by atoms with E-state index in [1.807, 2.05) is 0 Å². The summed E-state index contributed by atoms with van der Waals surface area (Å²) in [5, 5.41) is 9.30. The van der Waals surface area contributed by atoms with Crippen LogP contribution in [0.25, 0.3) is 0 Å². The number of hydrogen-bond acceptors (Lipinski definition) is 4. The number of rotatable bonds is 1. The van der Waals surface area contributed by atoms with Gasteiger partial charge in [0, 0.05) is 19.1 Å². The molecule has 2 aliphatic rings. The highest BCUT2D eigenvalue weighted by Crippen LogP contribution is 2.26. The number of nitrogens with zero attached hydrogens (tertiary/aromatic N) is 2. The molecule has 2 atom stereocenters. The van der Waals surface area contributed by atoms with Gasteiger partial charge in [0.1, 0.15) is 11.6 Å². The lowest BCUT2D eigenvalue weighted by molar-refractivity contribution is -0.146. The number of carboxylic acid groups (broad SMARTS) is 1. The number of carbonyl (C=O) groups excluding carboxylic acids is 1. The van der Waals surface area contributed by atoms with Crippen molar-refractivity contribution in [1.82, 2.24) is 9.80 Å². The Labute approximate surface area is 113 Å². The van der Waals surface area contributed by atoms with Gasteiger partial charge in [-0.2, -0.15) is 0 Å². The zero-order valence-electron chi connectivity index (χ0n) is 11.8. The second kappa shape index (κ2) is 5.00. The summed E-state index contributed by atoms with van der Waals surface area (Å²) < 4.78 is 5.31. The fourth-order valence-corrected chi connectivity index (χ4v) is 2.75. The molecule has 6 nitrogen and oxygen atoms in total. The fourth-order valence-electron chi connectivity index (χ4n) is 2.75. The third kappa shape index (κ3) is 3.18. The molecule has 1 N–H and O–H groups in total. The van der Waals surface area contributed by atoms with E-state index in [4.69, 9.17) is 4.74 Å². The van der Waals surface area contributed by atoms with Crippen LogP contribution < -0.4 is 0 Å². The molecule has 0 spiro atoms. The molecule has 0 radical (unpaired) electrons. The SMILES string of the molecule is CC(C)(C)OC(=O)N1C[C@@H]2CCCN2C[C@@H]1C(=O)O. The topological polar surface area (TPSA) is 70.1 Å². The monoisotopic (exact) mass is 270 g/mol. The Morgan fingerprint density at radius 2 is 1.95 bits per heavy atom. The van der Waals surface area contributed by atoms with Crippen molar-refractivity contribution in [3.63, 3.8) is 0 Å². The second-order valence-corrected chi connectivity index (χ2v) is 6.28. The van der Waals surface area contributed by atoms with E-state index in [0.717, 1.165) is 19.4 Å². The number of amides is 1. The summed E-state index contributed by atoms with van der Waals surface area (Å²) in [5.74, 6) is -0.962. The molecule has 0 saturated carbocycles. The van der Waals surface area contributed by atoms with Crippen LogP contribution in [0, 0.1) is 0 Å². The maximum atomic E-state index is 12.1. The van der Waals surface area contributed by atoms with Crippen molar-refractivity contribution in [1.29, 1.82) is 0 Å². The average molecular weight is 270 g/mol. The van der Waals surface area contributed by atoms with Gasteiger partial charge in [-0.15, -0.1) is 0 Å². The van der Waals surface area contributed by atoms with Crippen LogP contribution in [-0.4, -0.2) is 64.3 Å². The van der Waals surface area contributed by atoms with Gasteiger partial charge in [-0.25, -0.2) is 9.59 Å². The maximum absolute atomic E-state index is 12.1. The molecule has 2 aliphatic heterocycles. The summed E-state index contributed by atoms with van der Waals surface area (Å²) in [6.07, 6.45) is 1.57. The van der Waals surface area contributed by atoms with Crippen LogP contribution in [0.5, 0.6) is 0 Å². The van der Waals surface area contributed by atoms with E-state index >= 15 is 0 Å². The number of fused-ring (bicyclic) bond motifs is 1. The van der Waals surface area contributed by atoms with E-state index < -0.39 is 23.7 Å². The van der Waals surface area contributed by atoms with Gasteiger partial charge in [0.15, 0.2) is 0 Å². The van der Waals surface area contributed by atoms with Crippen LogP contribution in [0.4, 0.5) is 4.79 Å². The predicted molar refractivity (Wildman–Crippen MR) is 69.0 cm³/mol. The predicted octanol–water partition coefficient (Wildman–Crippen LogP) is 1.15. The molecular weight excluding hydrogens is 248 g/mol. The minimum absolute atomic E-state index is 0.281. The smallest absolute Gasteiger partial charge is 0.411 e. The minimum Gasteiger partial charge on any atom is -0.480 e. The first-order chi connectivity index (χ1) is 8.78. The Bertz CT molecular complexity index is 377. The van der Waals surface area contributed by atoms with Crippen LogP contribution in [-0.2, 0) is 9.53 Å². The van der Waals surface area contributed by atoms with Crippen molar-refractivity contribution in [3.05, 3.63) is 0 Å². The third-order valence-corrected chi connectivity index (χ3v) is 3.60. The standard InChI is InChI=1S/C13H22N2O4/c1-13(2,3)19-12(18)15-7-9-5-4-6-14(9)8-10(15)11(16)17/h9-10H,4-8H2,1-3H3,(H,16,17)/t9-,10+/m0/s1. The number of piperazine rings is 1. The molecule has 2 saturated heterocycles. The molecule has 19 heavy (non-hydrogen) atoms. The minimum atomic E-state index is -0.962. The molecule has 1 amide bonds. The highest BCUT2D eigenvalue weighted by atomic mass is 16.6. The summed E-state index contributed by atoms with van der Waals surface area (Å²) >= 11 is 0. The van der Waals surface area contributed by atoms with Crippen LogP contribution in [0.15, 0.2) is 0 Å². The summed E-state index contributed by atoms with van der Waals surface area (Å²) in [6.45, 7) is 7.13. The lowest BCUT2D eigenvalue weighted by atomic mass is 10.1. The molecular formula is C13H22N2O4. The Kier molecular flexibility index (Phi) is 3.71. The van der Waals surface area contributed by atoms with Gasteiger partial charge in [-0.1, -0.05) is 0 Å². The quantitative estimate of drug-likeness (QED) is 0.774. The van der Waals surface area contributed by atoms with Gasteiger partial charge in [0.05, 0.1) is 0 Å². The third-order valence-electron chi connectivity index (χ3n) is 3.60. The van der Waals surface area contributed by atoms with Crippen LogP contribution in [0.1, 0.15) is 33.6 Å². The first-order valence-electron chi connectivity index (χ1n) is 6.74. The van der Waals surface area contributed by atoms with Gasteiger partial charge in [0.2, 0.25) is 0 Å². The van der Waals surface area contributed by atoms with E-state index in [0.29, 0.717) is 13.1 Å². The van der Waals surface area contributed by atoms with Gasteiger partial charge >= 0.3 is 12.1 Å². The molecule has 0 aromatic heterocycles. The van der Waals surface area contributed by atoms with E-state index in [2.05, 4.69) is 4.90 Å². The van der Waals surface area contributed by atoms with Gasteiger partial charge < -0.3 is 9.84 Å². The van der Waals surface area contributed by atoms with E-state index in [1.165, 1.54) is 4.90 Å². The van der Waals surface area contributed by atoms with E-state index in [1.54, 1.807) is 20.8 Å². The molecule has 0 aromatic rings. The Balaban J connectivity index is 2.11. The van der Waals surface area contributed by atoms with Gasteiger partial charge in [0.25, 0.3) is 0 Å². The average Bonchev–Trinajstić information content (AvgIpc) is 2.71. The Morgan fingerprint density at radius 3 is 2.53 bits per heavy atom. The molecule has 0 unspecified atom stereocenters. The van der Waals surface area contributed by atoms with Crippen molar-refractivity contribution in [2.24, 2.45) is 0 Å². The van der Waals surface area contributed by atoms with Crippen molar-refractivity contribution in [2.45, 2.75) is 51.3 Å². The summed E-state index contributed by atoms with van der Waals surface area (Å²) in [7, 11) is 0. The maximum Gasteiger partial charge on any atom is 0.411 e. The molecule has 6 heteroatoms. The lowest BCUT2D eigenvalue weighted by Gasteiger charge is -2.41. The largest absolute Gasteiger partial charge is 0.480 e. The fraction of sp³-hybridized carbons (Fsp3) is 0.846. The molecule has 0 bridgehead atoms. The number of carboxylic acids is 1. The number of aliphatic carboxylic acids is 1. The number of ether oxygens (including phenoxy) is 1. The van der Waals surface area contributed by atoms with Crippen molar-refractivity contribution < 1.29 is 19.4 Å². The first-order valence-corrected chi connectivity index (χ1v) is 6.74. The molecule has 2 heterocycles. The highest BCUT2D eigenvalue weighted by Gasteiger charge is 2.43. The number of hydrogen-bond donors (Lipinski definition) is 1. The van der Waals surface area contributed by atoms with Crippen molar-refractivity contribution >= 4 is 12.1 Å². The van der Waals surface area contributed by atoms with E-state index in [-0.39, 0.29) is 6.04 Å².